The summed E-state index contributed by atoms with van der Waals surface area (Å²) in [7, 11) is 0. The second kappa shape index (κ2) is 7.23. The molecule has 140 valence electrons. The van der Waals surface area contributed by atoms with Gasteiger partial charge in [0.05, 0.1) is 17.3 Å². The lowest BCUT2D eigenvalue weighted by molar-refractivity contribution is 0.0913. The highest BCUT2D eigenvalue weighted by molar-refractivity contribution is 6.03. The van der Waals surface area contributed by atoms with Crippen LogP contribution in [0.2, 0.25) is 0 Å². The number of nitrogens with one attached hydrogen (secondary N) is 2. The fourth-order valence-corrected chi connectivity index (χ4v) is 3.15. The zero-order chi connectivity index (χ0) is 19.6. The number of imidazole rings is 1. The smallest absolute Gasteiger partial charge is 0.291 e. The van der Waals surface area contributed by atoms with Crippen molar-refractivity contribution in [3.8, 4) is 6.07 Å². The van der Waals surface area contributed by atoms with E-state index in [4.69, 9.17) is 5.26 Å². The van der Waals surface area contributed by atoms with E-state index in [1.165, 1.54) is 0 Å². The van der Waals surface area contributed by atoms with Crippen molar-refractivity contribution in [3.63, 3.8) is 0 Å². The molecule has 27 heavy (non-hydrogen) atoms. The van der Waals surface area contributed by atoms with Crippen LogP contribution in [0.4, 0.5) is 5.69 Å². The molecule has 1 aromatic heterocycles. The molecule has 0 spiro atoms. The number of hydrogen-bond donors (Lipinski definition) is 2. The molecule has 0 bridgehead atoms. The SMILES string of the molecule is CC(C)(C)NC(=O)c1nc(C(=O)Nc2cccc(C#N)c2)n2c1CCCC2. The number of anilines is 1. The highest BCUT2D eigenvalue weighted by Gasteiger charge is 2.29. The molecular weight excluding hydrogens is 342 g/mol. The van der Waals surface area contributed by atoms with Crippen LogP contribution in [0, 0.1) is 11.3 Å². The quantitative estimate of drug-likeness (QED) is 0.873. The van der Waals surface area contributed by atoms with Gasteiger partial charge in [0.25, 0.3) is 11.8 Å². The number of carbonyl (C=O) groups is 2. The van der Waals surface area contributed by atoms with Crippen molar-refractivity contribution in [1.29, 1.82) is 5.26 Å². The molecule has 7 heteroatoms. The average molecular weight is 365 g/mol. The minimum absolute atomic E-state index is 0.228. The summed E-state index contributed by atoms with van der Waals surface area (Å²) in [5.41, 5.74) is 1.72. The first kappa shape index (κ1) is 18.6. The summed E-state index contributed by atoms with van der Waals surface area (Å²) in [5, 5.41) is 14.7. The Hall–Kier alpha value is -3.14. The van der Waals surface area contributed by atoms with Crippen molar-refractivity contribution in [2.45, 2.75) is 52.1 Å². The van der Waals surface area contributed by atoms with E-state index in [-0.39, 0.29) is 23.2 Å². The largest absolute Gasteiger partial charge is 0.346 e. The van der Waals surface area contributed by atoms with Gasteiger partial charge in [0, 0.05) is 17.8 Å². The zero-order valence-electron chi connectivity index (χ0n) is 15.8. The molecule has 2 N–H and O–H groups in total. The molecule has 0 saturated carbocycles. The number of rotatable bonds is 3. The van der Waals surface area contributed by atoms with Crippen LogP contribution in [0.15, 0.2) is 24.3 Å². The molecule has 1 aliphatic heterocycles. The third-order valence-corrected chi connectivity index (χ3v) is 4.27. The molecule has 0 atom stereocenters. The van der Waals surface area contributed by atoms with E-state index in [0.29, 0.717) is 23.5 Å². The molecule has 1 aromatic carbocycles. The fraction of sp³-hybridized carbons (Fsp3) is 0.400. The van der Waals surface area contributed by atoms with Crippen molar-refractivity contribution < 1.29 is 9.59 Å². The van der Waals surface area contributed by atoms with E-state index in [2.05, 4.69) is 15.6 Å². The second-order valence-electron chi connectivity index (χ2n) is 7.69. The molecule has 2 aromatic rings. The van der Waals surface area contributed by atoms with Crippen LogP contribution in [0.25, 0.3) is 0 Å². The summed E-state index contributed by atoms with van der Waals surface area (Å²) < 4.78 is 1.84. The molecule has 2 heterocycles. The number of hydrogen-bond acceptors (Lipinski definition) is 4. The summed E-state index contributed by atoms with van der Waals surface area (Å²) >= 11 is 0. The Bertz CT molecular complexity index is 931. The van der Waals surface area contributed by atoms with Crippen LogP contribution in [-0.4, -0.2) is 26.9 Å². The fourth-order valence-electron chi connectivity index (χ4n) is 3.15. The summed E-state index contributed by atoms with van der Waals surface area (Å²) in [5.74, 6) is -0.423. The zero-order valence-corrected chi connectivity index (χ0v) is 15.8. The van der Waals surface area contributed by atoms with E-state index in [0.717, 1.165) is 25.0 Å². The number of fused-ring (bicyclic) bond motifs is 1. The summed E-state index contributed by atoms with van der Waals surface area (Å²) in [6.45, 7) is 6.38. The van der Waals surface area contributed by atoms with Crippen molar-refractivity contribution in [2.75, 3.05) is 5.32 Å². The number of benzene rings is 1. The summed E-state index contributed by atoms with van der Waals surface area (Å²) in [6, 6.07) is 8.74. The Morgan fingerprint density at radius 3 is 2.70 bits per heavy atom. The first-order chi connectivity index (χ1) is 12.8. The van der Waals surface area contributed by atoms with E-state index in [1.54, 1.807) is 24.3 Å². The van der Waals surface area contributed by atoms with E-state index in [1.807, 2.05) is 31.4 Å². The predicted molar refractivity (Wildman–Crippen MR) is 101 cm³/mol. The van der Waals surface area contributed by atoms with Crippen LogP contribution in [-0.2, 0) is 13.0 Å². The van der Waals surface area contributed by atoms with Gasteiger partial charge in [0.15, 0.2) is 5.82 Å². The van der Waals surface area contributed by atoms with Crippen molar-refractivity contribution in [2.24, 2.45) is 0 Å². The Kier molecular flexibility index (Phi) is 5.00. The van der Waals surface area contributed by atoms with Gasteiger partial charge in [-0.05, 0) is 58.2 Å². The lowest BCUT2D eigenvalue weighted by Gasteiger charge is -2.21. The van der Waals surface area contributed by atoms with Gasteiger partial charge in [-0.2, -0.15) is 5.26 Å². The average Bonchev–Trinajstić information content (AvgIpc) is 3.00. The second-order valence-corrected chi connectivity index (χ2v) is 7.69. The van der Waals surface area contributed by atoms with Crippen molar-refractivity contribution in [1.82, 2.24) is 14.9 Å². The third-order valence-electron chi connectivity index (χ3n) is 4.27. The van der Waals surface area contributed by atoms with Crippen molar-refractivity contribution >= 4 is 17.5 Å². The maximum atomic E-state index is 12.8. The third kappa shape index (κ3) is 4.17. The number of amides is 2. The molecule has 0 saturated heterocycles. The topological polar surface area (TPSA) is 99.8 Å². The van der Waals surface area contributed by atoms with E-state index >= 15 is 0 Å². The van der Waals surface area contributed by atoms with Gasteiger partial charge >= 0.3 is 0 Å². The maximum Gasteiger partial charge on any atom is 0.291 e. The van der Waals surface area contributed by atoms with Crippen molar-refractivity contribution in [3.05, 3.63) is 47.0 Å². The molecule has 0 fully saturated rings. The van der Waals surface area contributed by atoms with Gasteiger partial charge in [-0.3, -0.25) is 9.59 Å². The number of nitriles is 1. The first-order valence-corrected chi connectivity index (χ1v) is 9.02. The van der Waals surface area contributed by atoms with E-state index < -0.39 is 0 Å². The van der Waals surface area contributed by atoms with Gasteiger partial charge in [-0.1, -0.05) is 6.07 Å². The lowest BCUT2D eigenvalue weighted by Crippen LogP contribution is -2.41. The van der Waals surface area contributed by atoms with Gasteiger partial charge < -0.3 is 15.2 Å². The van der Waals surface area contributed by atoms with Crippen LogP contribution in [0.5, 0.6) is 0 Å². The van der Waals surface area contributed by atoms with Gasteiger partial charge in [0.1, 0.15) is 5.69 Å². The summed E-state index contributed by atoms with van der Waals surface area (Å²) in [6.07, 6.45) is 2.62. The molecule has 0 radical (unpaired) electrons. The number of carbonyl (C=O) groups excluding carboxylic acids is 2. The Morgan fingerprint density at radius 2 is 2.00 bits per heavy atom. The highest BCUT2D eigenvalue weighted by Crippen LogP contribution is 2.22. The molecule has 1 aliphatic rings. The Morgan fingerprint density at radius 1 is 1.22 bits per heavy atom. The summed E-state index contributed by atoms with van der Waals surface area (Å²) in [4.78, 5) is 29.8. The molecular formula is C20H23N5O2. The standard InChI is InChI=1S/C20H23N5O2/c1-20(2,3)24-18(26)16-15-9-4-5-10-25(15)17(23-16)19(27)22-14-8-6-7-13(11-14)12-21/h6-8,11H,4-5,9-10H2,1-3H3,(H,22,27)(H,24,26). The lowest BCUT2D eigenvalue weighted by atomic mass is 10.1. The molecule has 3 rings (SSSR count). The minimum atomic E-state index is -0.387. The Labute approximate surface area is 158 Å². The van der Waals surface area contributed by atoms with Gasteiger partial charge in [-0.25, -0.2) is 4.98 Å². The maximum absolute atomic E-state index is 12.8. The molecule has 7 nitrogen and oxygen atoms in total. The highest BCUT2D eigenvalue weighted by atomic mass is 16.2. The number of aromatic nitrogens is 2. The van der Waals surface area contributed by atoms with Crippen LogP contribution < -0.4 is 10.6 Å². The molecule has 2 amide bonds. The normalized spacial score (nSPS) is 13.4. The minimum Gasteiger partial charge on any atom is -0.346 e. The Balaban J connectivity index is 1.92. The van der Waals surface area contributed by atoms with E-state index in [9.17, 15) is 9.59 Å². The number of nitrogens with zero attached hydrogens (tertiary/aromatic N) is 3. The first-order valence-electron chi connectivity index (χ1n) is 9.02. The molecule has 0 unspecified atom stereocenters. The van der Waals surface area contributed by atoms with Crippen LogP contribution >= 0.6 is 0 Å². The predicted octanol–water partition coefficient (Wildman–Crippen LogP) is 2.87. The van der Waals surface area contributed by atoms with Gasteiger partial charge in [0.2, 0.25) is 0 Å². The van der Waals surface area contributed by atoms with Crippen LogP contribution in [0.1, 0.15) is 66.0 Å². The monoisotopic (exact) mass is 365 g/mol. The van der Waals surface area contributed by atoms with Crippen LogP contribution in [0.3, 0.4) is 0 Å². The van der Waals surface area contributed by atoms with Gasteiger partial charge in [-0.15, -0.1) is 0 Å². The molecule has 0 aliphatic carbocycles.